The first-order valence-corrected chi connectivity index (χ1v) is 8.10. The van der Waals surface area contributed by atoms with E-state index in [1.165, 1.54) is 17.5 Å². The van der Waals surface area contributed by atoms with Crippen LogP contribution in [0.3, 0.4) is 0 Å². The van der Waals surface area contributed by atoms with E-state index >= 15 is 0 Å². The summed E-state index contributed by atoms with van der Waals surface area (Å²) >= 11 is 0. The van der Waals surface area contributed by atoms with Crippen LogP contribution >= 0.6 is 0 Å². The second-order valence-electron chi connectivity index (χ2n) is 5.92. The van der Waals surface area contributed by atoms with Gasteiger partial charge in [-0.2, -0.15) is 10.2 Å². The van der Waals surface area contributed by atoms with E-state index in [-0.39, 0.29) is 11.6 Å². The smallest absolute Gasteiger partial charge is 0.379 e. The highest BCUT2D eigenvalue weighted by Gasteiger charge is 2.23. The first-order chi connectivity index (χ1) is 12.9. The number of ether oxygens (including phenoxy) is 1. The van der Waals surface area contributed by atoms with Crippen molar-refractivity contribution in [3.8, 4) is 6.07 Å². The highest BCUT2D eigenvalue weighted by molar-refractivity contribution is 5.96. The Bertz CT molecular complexity index is 1080. The monoisotopic (exact) mass is 364 g/mol. The molecule has 0 saturated heterocycles. The molecule has 9 nitrogen and oxygen atoms in total. The van der Waals surface area contributed by atoms with Gasteiger partial charge in [0.2, 0.25) is 0 Å². The van der Waals surface area contributed by atoms with E-state index in [1.54, 1.807) is 18.2 Å². The van der Waals surface area contributed by atoms with Crippen LogP contribution in [0, 0.1) is 25.2 Å². The van der Waals surface area contributed by atoms with Gasteiger partial charge in [-0.25, -0.2) is 14.3 Å². The van der Waals surface area contributed by atoms with E-state index in [1.807, 2.05) is 26.0 Å². The van der Waals surface area contributed by atoms with E-state index in [4.69, 9.17) is 10.00 Å². The van der Waals surface area contributed by atoms with E-state index in [0.29, 0.717) is 11.3 Å². The van der Waals surface area contributed by atoms with Crippen LogP contribution < -0.4 is 5.32 Å². The Kier molecular flexibility index (Phi) is 4.81. The molecule has 0 aliphatic heterocycles. The number of anilines is 1. The lowest BCUT2D eigenvalue weighted by Gasteiger charge is -2.12. The summed E-state index contributed by atoms with van der Waals surface area (Å²) in [5.74, 6) is -1.26. The number of rotatable bonds is 4. The van der Waals surface area contributed by atoms with Crippen LogP contribution in [0.1, 0.15) is 34.5 Å². The Morgan fingerprint density at radius 2 is 2.04 bits per heavy atom. The maximum Gasteiger partial charge on any atom is 0.379 e. The van der Waals surface area contributed by atoms with Crippen LogP contribution in [-0.2, 0) is 9.53 Å². The predicted molar refractivity (Wildman–Crippen MR) is 94.9 cm³/mol. The highest BCUT2D eigenvalue weighted by atomic mass is 16.5. The van der Waals surface area contributed by atoms with Crippen LogP contribution in [0.25, 0.3) is 5.78 Å². The lowest BCUT2D eigenvalue weighted by Crippen LogP contribution is -2.30. The maximum absolute atomic E-state index is 12.3. The molecule has 0 fully saturated rings. The number of benzene rings is 1. The molecule has 136 valence electrons. The summed E-state index contributed by atoms with van der Waals surface area (Å²) in [4.78, 5) is 32.7. The molecule has 0 saturated carbocycles. The Labute approximate surface area is 154 Å². The summed E-state index contributed by atoms with van der Waals surface area (Å²) in [7, 11) is 0. The van der Waals surface area contributed by atoms with E-state index in [9.17, 15) is 9.59 Å². The average Bonchev–Trinajstić information content (AvgIpc) is 3.06. The van der Waals surface area contributed by atoms with Gasteiger partial charge in [-0.05, 0) is 45.0 Å². The van der Waals surface area contributed by atoms with E-state index in [0.717, 1.165) is 11.4 Å². The third-order valence-electron chi connectivity index (χ3n) is 3.71. The molecule has 0 unspecified atom stereocenters. The lowest BCUT2D eigenvalue weighted by molar-refractivity contribution is -0.123. The summed E-state index contributed by atoms with van der Waals surface area (Å²) in [6.07, 6.45) is -1.08. The largest absolute Gasteiger partial charge is 0.447 e. The summed E-state index contributed by atoms with van der Waals surface area (Å²) in [6, 6.07) is 10.2. The zero-order valence-corrected chi connectivity index (χ0v) is 14.9. The van der Waals surface area contributed by atoms with Gasteiger partial charge in [-0.3, -0.25) is 4.79 Å². The third kappa shape index (κ3) is 3.90. The number of hydrogen-bond acceptors (Lipinski definition) is 7. The average molecular weight is 364 g/mol. The van der Waals surface area contributed by atoms with Crippen LogP contribution in [0.2, 0.25) is 0 Å². The van der Waals surface area contributed by atoms with Crippen molar-refractivity contribution in [3.63, 3.8) is 0 Å². The molecule has 9 heteroatoms. The molecule has 3 aromatic rings. The van der Waals surface area contributed by atoms with Gasteiger partial charge in [0, 0.05) is 17.1 Å². The number of esters is 1. The minimum Gasteiger partial charge on any atom is -0.447 e. The molecule has 1 amide bonds. The van der Waals surface area contributed by atoms with Crippen LogP contribution in [0.4, 0.5) is 5.69 Å². The third-order valence-corrected chi connectivity index (χ3v) is 3.71. The minimum absolute atomic E-state index is 0.178. The van der Waals surface area contributed by atoms with Crippen molar-refractivity contribution >= 4 is 23.3 Å². The number of nitrogens with one attached hydrogen (secondary N) is 1. The summed E-state index contributed by atoms with van der Waals surface area (Å²) < 4.78 is 6.58. The molecule has 27 heavy (non-hydrogen) atoms. The van der Waals surface area contributed by atoms with Crippen molar-refractivity contribution in [2.75, 3.05) is 5.32 Å². The molecule has 0 aliphatic carbocycles. The summed E-state index contributed by atoms with van der Waals surface area (Å²) in [6.45, 7) is 5.06. The topological polar surface area (TPSA) is 122 Å². The number of carbonyl (C=O) groups is 2. The van der Waals surface area contributed by atoms with Crippen molar-refractivity contribution in [2.45, 2.75) is 26.9 Å². The fourth-order valence-electron chi connectivity index (χ4n) is 2.43. The Morgan fingerprint density at radius 1 is 1.26 bits per heavy atom. The van der Waals surface area contributed by atoms with Crippen LogP contribution in [0.5, 0.6) is 0 Å². The van der Waals surface area contributed by atoms with Crippen molar-refractivity contribution in [2.24, 2.45) is 0 Å². The number of carbonyl (C=O) groups excluding carboxylic acids is 2. The fraction of sp³-hybridized carbons (Fsp3) is 0.222. The number of aryl methyl sites for hydroxylation is 2. The first kappa shape index (κ1) is 18.0. The van der Waals surface area contributed by atoms with E-state index in [2.05, 4.69) is 20.4 Å². The number of hydrogen-bond donors (Lipinski definition) is 1. The molecular formula is C18H16N6O3. The maximum atomic E-state index is 12.3. The van der Waals surface area contributed by atoms with Crippen LogP contribution in [0.15, 0.2) is 30.3 Å². The first-order valence-electron chi connectivity index (χ1n) is 8.10. The SMILES string of the molecule is Cc1cc(C)n2nc(C(=O)O[C@H](C)C(=O)Nc3cccc(C#N)c3)nc2n1. The molecule has 2 heterocycles. The number of amides is 1. The van der Waals surface area contributed by atoms with Crippen molar-refractivity contribution in [3.05, 3.63) is 53.1 Å². The normalized spacial score (nSPS) is 11.6. The summed E-state index contributed by atoms with van der Waals surface area (Å²) in [5.41, 5.74) is 2.36. The zero-order chi connectivity index (χ0) is 19.6. The molecular weight excluding hydrogens is 348 g/mol. The van der Waals surface area contributed by atoms with Gasteiger partial charge in [0.25, 0.3) is 17.5 Å². The predicted octanol–water partition coefficient (Wildman–Crippen LogP) is 1.80. The van der Waals surface area contributed by atoms with Gasteiger partial charge in [0.1, 0.15) is 0 Å². The van der Waals surface area contributed by atoms with Gasteiger partial charge in [0.05, 0.1) is 11.6 Å². The molecule has 0 radical (unpaired) electrons. The Hall–Kier alpha value is -3.80. The molecule has 1 N–H and O–H groups in total. The zero-order valence-electron chi connectivity index (χ0n) is 14.9. The van der Waals surface area contributed by atoms with Gasteiger partial charge < -0.3 is 10.1 Å². The van der Waals surface area contributed by atoms with Crippen LogP contribution in [-0.4, -0.2) is 37.6 Å². The van der Waals surface area contributed by atoms with Gasteiger partial charge in [-0.15, -0.1) is 5.10 Å². The molecule has 1 atom stereocenters. The highest BCUT2D eigenvalue weighted by Crippen LogP contribution is 2.12. The van der Waals surface area contributed by atoms with Gasteiger partial charge >= 0.3 is 5.97 Å². The van der Waals surface area contributed by atoms with Crippen molar-refractivity contribution in [1.82, 2.24) is 19.6 Å². The van der Waals surface area contributed by atoms with E-state index < -0.39 is 18.0 Å². The number of aromatic nitrogens is 4. The van der Waals surface area contributed by atoms with Gasteiger partial charge in [0.15, 0.2) is 6.10 Å². The van der Waals surface area contributed by atoms with Crippen molar-refractivity contribution in [1.29, 1.82) is 5.26 Å². The second-order valence-corrected chi connectivity index (χ2v) is 5.92. The quantitative estimate of drug-likeness (QED) is 0.700. The number of nitrogens with zero attached hydrogens (tertiary/aromatic N) is 5. The number of fused-ring (bicyclic) bond motifs is 1. The molecule has 1 aromatic carbocycles. The Balaban J connectivity index is 1.70. The standard InChI is InChI=1S/C18H16N6O3/c1-10-7-11(2)24-18(20-10)22-15(23-24)17(26)27-12(3)16(25)21-14-6-4-5-13(8-14)9-19/h4-8,12H,1-3H3,(H,21,25)/t12-/m1/s1. The number of nitriles is 1. The summed E-state index contributed by atoms with van der Waals surface area (Å²) in [5, 5.41) is 15.6. The Morgan fingerprint density at radius 3 is 2.78 bits per heavy atom. The molecule has 2 aromatic heterocycles. The lowest BCUT2D eigenvalue weighted by atomic mass is 10.2. The second kappa shape index (κ2) is 7.21. The molecule has 0 spiro atoms. The minimum atomic E-state index is -1.08. The molecule has 0 aliphatic rings. The molecule has 0 bridgehead atoms. The molecule has 3 rings (SSSR count). The fourth-order valence-corrected chi connectivity index (χ4v) is 2.43. The van der Waals surface area contributed by atoms with Gasteiger partial charge in [-0.1, -0.05) is 6.07 Å². The van der Waals surface area contributed by atoms with Crippen molar-refractivity contribution < 1.29 is 14.3 Å².